The highest BCUT2D eigenvalue weighted by molar-refractivity contribution is 5.95. The minimum atomic E-state index is -1.37. The lowest BCUT2D eigenvalue weighted by atomic mass is 9.81. The average molecular weight is 777 g/mol. The Balaban J connectivity index is 1.35. The zero-order chi connectivity index (χ0) is 40.6. The summed E-state index contributed by atoms with van der Waals surface area (Å²) in [5.74, 6) is -2.42. The number of nitrogens with one attached hydrogen (secondary N) is 2. The van der Waals surface area contributed by atoms with Gasteiger partial charge in [-0.3, -0.25) is 19.2 Å². The highest BCUT2D eigenvalue weighted by Gasteiger charge is 2.44. The normalized spacial score (nSPS) is 16.2. The molecule has 0 radical (unpaired) electrons. The maximum atomic E-state index is 14.0. The summed E-state index contributed by atoms with van der Waals surface area (Å²) in [6, 6.07) is 17.0. The van der Waals surface area contributed by atoms with E-state index in [-0.39, 0.29) is 44.7 Å². The smallest absolute Gasteiger partial charge is 0.410 e. The number of carbonyl (C=O) groups excluding carboxylic acids is 6. The lowest BCUT2D eigenvalue weighted by Crippen LogP contribution is -2.61. The molecule has 1 saturated heterocycles. The van der Waals surface area contributed by atoms with Gasteiger partial charge in [0.1, 0.15) is 30.4 Å². The number of rotatable bonds is 17. The first-order valence-electron chi connectivity index (χ1n) is 20.0. The van der Waals surface area contributed by atoms with Crippen LogP contribution in [0.25, 0.3) is 0 Å². The Hall–Kier alpha value is -4.94. The summed E-state index contributed by atoms with van der Waals surface area (Å²) >= 11 is 0. The van der Waals surface area contributed by atoms with E-state index in [1.54, 1.807) is 24.0 Å². The van der Waals surface area contributed by atoms with Crippen LogP contribution in [0.1, 0.15) is 109 Å². The number of likely N-dealkylation sites (tertiary alicyclic amines) is 1. The van der Waals surface area contributed by atoms with Gasteiger partial charge in [-0.2, -0.15) is 0 Å². The highest BCUT2D eigenvalue weighted by Crippen LogP contribution is 2.30. The predicted octanol–water partition coefficient (Wildman–Crippen LogP) is 5.83. The van der Waals surface area contributed by atoms with Crippen LogP contribution in [0.15, 0.2) is 60.7 Å². The second kappa shape index (κ2) is 21.4. The lowest BCUT2D eigenvalue weighted by molar-refractivity contribution is -0.157. The molecule has 0 aromatic heterocycles. The Bertz CT molecular complexity index is 1600. The van der Waals surface area contributed by atoms with Crippen LogP contribution in [0.3, 0.4) is 0 Å². The molecule has 4 rings (SSSR count). The molecule has 306 valence electrons. The lowest BCUT2D eigenvalue weighted by Gasteiger charge is -2.36. The van der Waals surface area contributed by atoms with Gasteiger partial charge in [-0.25, -0.2) is 9.59 Å². The Morgan fingerprint density at radius 2 is 1.45 bits per heavy atom. The fraction of sp³-hybridized carbons (Fsp3) is 0.581. The first-order valence-corrected chi connectivity index (χ1v) is 20.0. The van der Waals surface area contributed by atoms with Crippen LogP contribution in [0.2, 0.25) is 0 Å². The monoisotopic (exact) mass is 776 g/mol. The molecule has 1 heterocycles. The Kier molecular flexibility index (Phi) is 16.7. The quantitative estimate of drug-likeness (QED) is 0.149. The van der Waals surface area contributed by atoms with Gasteiger partial charge < -0.3 is 34.6 Å². The van der Waals surface area contributed by atoms with E-state index in [0.29, 0.717) is 51.1 Å². The number of piperidine rings is 1. The molecule has 2 aromatic rings. The van der Waals surface area contributed by atoms with Crippen LogP contribution >= 0.6 is 0 Å². The minimum Gasteiger partial charge on any atom is -0.461 e. The van der Waals surface area contributed by atoms with Crippen molar-refractivity contribution in [2.24, 2.45) is 5.92 Å². The van der Waals surface area contributed by atoms with Gasteiger partial charge in [-0.1, -0.05) is 79.9 Å². The SMILES string of the molecule is CCN(CC(=O)N[C@@H](CC(=O)OCc1ccccc1)C(=O)NC1(C(=O)OCc2ccccc2)CCCCC1)C(=O)CCCC1CCN(C(=O)OC(C)(C)C)CC1. The molecule has 2 aliphatic rings. The fourth-order valence-electron chi connectivity index (χ4n) is 7.11. The molecule has 0 bridgehead atoms. The molecular formula is C43H60N4O9. The minimum absolute atomic E-state index is 0.0152. The summed E-state index contributed by atoms with van der Waals surface area (Å²) in [4.78, 5) is 83.0. The largest absolute Gasteiger partial charge is 0.461 e. The summed E-state index contributed by atoms with van der Waals surface area (Å²) in [5.41, 5.74) is -0.302. The fourth-order valence-corrected chi connectivity index (χ4v) is 7.11. The first kappa shape index (κ1) is 43.8. The molecule has 13 nitrogen and oxygen atoms in total. The van der Waals surface area contributed by atoms with Crippen molar-refractivity contribution in [1.29, 1.82) is 0 Å². The van der Waals surface area contributed by atoms with Crippen molar-refractivity contribution in [2.45, 2.75) is 129 Å². The highest BCUT2D eigenvalue weighted by atomic mass is 16.6. The van der Waals surface area contributed by atoms with Crippen LogP contribution in [0.4, 0.5) is 4.79 Å². The number of likely N-dealkylation sites (N-methyl/N-ethyl adjacent to an activating group) is 1. The molecular weight excluding hydrogens is 716 g/mol. The second-order valence-corrected chi connectivity index (χ2v) is 15.9. The van der Waals surface area contributed by atoms with Crippen LogP contribution < -0.4 is 10.6 Å². The zero-order valence-corrected chi connectivity index (χ0v) is 33.5. The van der Waals surface area contributed by atoms with Crippen molar-refractivity contribution in [3.63, 3.8) is 0 Å². The number of hydrogen-bond acceptors (Lipinski definition) is 9. The number of hydrogen-bond donors (Lipinski definition) is 2. The molecule has 0 spiro atoms. The summed E-state index contributed by atoms with van der Waals surface area (Å²) in [7, 11) is 0. The molecule has 2 fully saturated rings. The summed E-state index contributed by atoms with van der Waals surface area (Å²) < 4.78 is 16.6. The van der Waals surface area contributed by atoms with Gasteiger partial charge in [0.25, 0.3) is 0 Å². The molecule has 2 aromatic carbocycles. The number of benzene rings is 2. The van der Waals surface area contributed by atoms with E-state index in [0.717, 1.165) is 36.8 Å². The van der Waals surface area contributed by atoms with Crippen LogP contribution in [0, 0.1) is 5.92 Å². The molecule has 1 aliphatic heterocycles. The third kappa shape index (κ3) is 14.3. The molecule has 2 N–H and O–H groups in total. The molecule has 1 atom stereocenters. The average Bonchev–Trinajstić information content (AvgIpc) is 3.18. The number of amides is 4. The molecule has 1 aliphatic carbocycles. The topological polar surface area (TPSA) is 161 Å². The van der Waals surface area contributed by atoms with Crippen LogP contribution in [-0.4, -0.2) is 88.9 Å². The van der Waals surface area contributed by atoms with Crippen LogP contribution in [0.5, 0.6) is 0 Å². The molecule has 0 unspecified atom stereocenters. The number of carbonyl (C=O) groups is 6. The molecule has 56 heavy (non-hydrogen) atoms. The molecule has 4 amide bonds. The van der Waals surface area contributed by atoms with E-state index >= 15 is 0 Å². The molecule has 1 saturated carbocycles. The Labute approximate surface area is 331 Å². The van der Waals surface area contributed by atoms with Gasteiger partial charge in [0.2, 0.25) is 17.7 Å². The Morgan fingerprint density at radius 3 is 2.02 bits per heavy atom. The van der Waals surface area contributed by atoms with Crippen molar-refractivity contribution in [1.82, 2.24) is 20.4 Å². The van der Waals surface area contributed by atoms with Crippen molar-refractivity contribution in [2.75, 3.05) is 26.2 Å². The van der Waals surface area contributed by atoms with Gasteiger partial charge >= 0.3 is 18.0 Å². The third-order valence-electron chi connectivity index (χ3n) is 10.3. The van der Waals surface area contributed by atoms with Gasteiger partial charge in [0.15, 0.2) is 0 Å². The third-order valence-corrected chi connectivity index (χ3v) is 10.3. The second-order valence-electron chi connectivity index (χ2n) is 15.9. The van der Waals surface area contributed by atoms with Gasteiger partial charge in [-0.05, 0) is 83.3 Å². The van der Waals surface area contributed by atoms with Crippen LogP contribution in [-0.2, 0) is 51.4 Å². The zero-order valence-electron chi connectivity index (χ0n) is 33.5. The van der Waals surface area contributed by atoms with Gasteiger partial charge in [-0.15, -0.1) is 0 Å². The van der Waals surface area contributed by atoms with Gasteiger partial charge in [0.05, 0.1) is 13.0 Å². The maximum Gasteiger partial charge on any atom is 0.410 e. The van der Waals surface area contributed by atoms with E-state index < -0.39 is 47.4 Å². The van der Waals surface area contributed by atoms with Crippen molar-refractivity contribution in [3.05, 3.63) is 71.8 Å². The summed E-state index contributed by atoms with van der Waals surface area (Å²) in [6.07, 6.45) is 5.56. The van der Waals surface area contributed by atoms with Crippen molar-refractivity contribution >= 4 is 35.8 Å². The summed E-state index contributed by atoms with van der Waals surface area (Å²) in [5, 5.41) is 5.54. The Morgan fingerprint density at radius 1 is 0.857 bits per heavy atom. The van der Waals surface area contributed by atoms with Crippen molar-refractivity contribution < 1.29 is 43.0 Å². The van der Waals surface area contributed by atoms with E-state index in [1.165, 1.54) is 4.90 Å². The number of esters is 2. The van der Waals surface area contributed by atoms with E-state index in [9.17, 15) is 28.8 Å². The summed E-state index contributed by atoms with van der Waals surface area (Å²) in [6.45, 7) is 8.52. The first-order chi connectivity index (χ1) is 26.8. The number of ether oxygens (including phenoxy) is 3. The van der Waals surface area contributed by atoms with Gasteiger partial charge in [0, 0.05) is 26.1 Å². The maximum absolute atomic E-state index is 14.0. The van der Waals surface area contributed by atoms with E-state index in [1.807, 2.05) is 69.3 Å². The molecule has 13 heteroatoms. The number of nitrogens with zero attached hydrogens (tertiary/aromatic N) is 2. The van der Waals surface area contributed by atoms with E-state index in [4.69, 9.17) is 14.2 Å². The predicted molar refractivity (Wildman–Crippen MR) is 210 cm³/mol. The van der Waals surface area contributed by atoms with E-state index in [2.05, 4.69) is 10.6 Å². The van der Waals surface area contributed by atoms with Crippen molar-refractivity contribution in [3.8, 4) is 0 Å². The standard InChI is InChI=1S/C43H60N4O9/c1-5-46(37(49)21-15-20-32-22-26-47(27-23-32)41(53)56-42(2,3)4)29-36(48)44-35(28-38(50)54-30-33-16-9-6-10-17-33)39(51)45-43(24-13-8-14-25-43)40(52)55-31-34-18-11-7-12-19-34/h6-7,9-12,16-19,32,35H,5,8,13-15,20-31H2,1-4H3,(H,44,48)(H,45,51)/t35-/m0/s1.